The molecule has 0 radical (unpaired) electrons. The van der Waals surface area contributed by atoms with E-state index in [2.05, 4.69) is 4.98 Å². The number of hydrogen-bond acceptors (Lipinski definition) is 5. The third-order valence-corrected chi connectivity index (χ3v) is 3.25. The Balaban J connectivity index is 2.39. The van der Waals surface area contributed by atoms with Gasteiger partial charge in [-0.3, -0.25) is 0 Å². The summed E-state index contributed by atoms with van der Waals surface area (Å²) in [7, 11) is 0. The van der Waals surface area contributed by atoms with Crippen LogP contribution in [-0.4, -0.2) is 26.6 Å². The van der Waals surface area contributed by atoms with Crippen LogP contribution >= 0.6 is 11.8 Å². The number of nitro groups is 1. The number of aromatic nitrogens is 2. The summed E-state index contributed by atoms with van der Waals surface area (Å²) >= 11 is 1.55. The first-order valence-electron chi connectivity index (χ1n) is 5.12. The fraction of sp³-hybridized carbons (Fsp3) is 0.300. The number of imidazole rings is 1. The van der Waals surface area contributed by atoms with E-state index in [9.17, 15) is 10.1 Å². The van der Waals surface area contributed by atoms with Crippen molar-refractivity contribution in [2.75, 3.05) is 12.3 Å². The molecule has 2 N–H and O–H groups in total. The minimum absolute atomic E-state index is 0.0464. The quantitative estimate of drug-likeness (QED) is 0.494. The lowest BCUT2D eigenvalue weighted by Gasteiger charge is -1.97. The van der Waals surface area contributed by atoms with Gasteiger partial charge in [-0.1, -0.05) is 6.07 Å². The fourth-order valence-corrected chi connectivity index (χ4v) is 2.27. The Morgan fingerprint density at radius 3 is 3.06 bits per heavy atom. The Kier molecular flexibility index (Phi) is 3.60. The van der Waals surface area contributed by atoms with Crippen LogP contribution < -0.4 is 5.73 Å². The zero-order chi connectivity index (χ0) is 12.3. The number of rotatable bonds is 5. The van der Waals surface area contributed by atoms with Gasteiger partial charge in [0.1, 0.15) is 5.69 Å². The van der Waals surface area contributed by atoms with Crippen LogP contribution in [0.2, 0.25) is 0 Å². The maximum atomic E-state index is 11.0. The van der Waals surface area contributed by atoms with Crippen LogP contribution in [-0.2, 0) is 5.75 Å². The molecule has 0 aliphatic carbocycles. The number of nitrogens with zero attached hydrogens (tertiary/aromatic N) is 3. The van der Waals surface area contributed by atoms with Crippen LogP contribution in [0.3, 0.4) is 0 Å². The van der Waals surface area contributed by atoms with Gasteiger partial charge in [-0.25, -0.2) is 4.98 Å². The van der Waals surface area contributed by atoms with Crippen molar-refractivity contribution in [3.63, 3.8) is 0 Å². The Morgan fingerprint density at radius 2 is 2.35 bits per heavy atom. The second kappa shape index (κ2) is 5.15. The van der Waals surface area contributed by atoms with Gasteiger partial charge in [0, 0.05) is 24.1 Å². The third kappa shape index (κ3) is 2.40. The average molecular weight is 252 g/mol. The van der Waals surface area contributed by atoms with E-state index in [1.807, 2.05) is 6.07 Å². The molecule has 7 heteroatoms. The van der Waals surface area contributed by atoms with Gasteiger partial charge >= 0.3 is 5.82 Å². The van der Waals surface area contributed by atoms with Crippen molar-refractivity contribution in [2.45, 2.75) is 5.75 Å². The second-order valence-corrected chi connectivity index (χ2v) is 4.51. The monoisotopic (exact) mass is 252 g/mol. The second-order valence-electron chi connectivity index (χ2n) is 3.41. The minimum Gasteiger partial charge on any atom is -0.358 e. The molecule has 2 aromatic rings. The molecule has 2 rings (SSSR count). The van der Waals surface area contributed by atoms with Crippen LogP contribution in [0.5, 0.6) is 0 Å². The number of fused-ring (bicyclic) bond motifs is 1. The van der Waals surface area contributed by atoms with Gasteiger partial charge < -0.3 is 15.8 Å². The van der Waals surface area contributed by atoms with E-state index in [0.29, 0.717) is 23.6 Å². The first-order valence-corrected chi connectivity index (χ1v) is 6.27. The third-order valence-electron chi connectivity index (χ3n) is 2.25. The Labute approximate surface area is 102 Å². The molecular weight excluding hydrogens is 240 g/mol. The minimum atomic E-state index is -0.391. The molecule has 0 spiro atoms. The molecule has 0 amide bonds. The molecule has 0 unspecified atom stereocenters. The summed E-state index contributed by atoms with van der Waals surface area (Å²) in [6, 6.07) is 5.31. The number of thioether (sulfide) groups is 1. The topological polar surface area (TPSA) is 86.5 Å². The van der Waals surface area contributed by atoms with E-state index < -0.39 is 4.92 Å². The van der Waals surface area contributed by atoms with Crippen molar-refractivity contribution in [3.8, 4) is 0 Å². The molecule has 2 aromatic heterocycles. The summed E-state index contributed by atoms with van der Waals surface area (Å²) in [5.41, 5.74) is 6.48. The van der Waals surface area contributed by atoms with E-state index in [1.54, 1.807) is 30.1 Å². The van der Waals surface area contributed by atoms with E-state index in [4.69, 9.17) is 5.73 Å². The van der Waals surface area contributed by atoms with Crippen molar-refractivity contribution in [2.24, 2.45) is 5.73 Å². The summed E-state index contributed by atoms with van der Waals surface area (Å²) in [6.07, 6.45) is 1.65. The highest BCUT2D eigenvalue weighted by Gasteiger charge is 2.21. The normalized spacial score (nSPS) is 10.9. The van der Waals surface area contributed by atoms with Gasteiger partial charge in [0.25, 0.3) is 0 Å². The molecule has 0 bridgehead atoms. The van der Waals surface area contributed by atoms with Gasteiger partial charge in [0.05, 0.1) is 6.20 Å². The van der Waals surface area contributed by atoms with E-state index >= 15 is 0 Å². The lowest BCUT2D eigenvalue weighted by atomic mass is 10.5. The summed E-state index contributed by atoms with van der Waals surface area (Å²) in [5, 5.41) is 11.0. The highest BCUT2D eigenvalue weighted by molar-refractivity contribution is 7.98. The van der Waals surface area contributed by atoms with Crippen LogP contribution in [0.15, 0.2) is 24.4 Å². The predicted octanol–water partition coefficient (Wildman–Crippen LogP) is 1.43. The molecule has 2 heterocycles. The van der Waals surface area contributed by atoms with E-state index in [-0.39, 0.29) is 5.82 Å². The summed E-state index contributed by atoms with van der Waals surface area (Å²) in [5.74, 6) is 1.32. The lowest BCUT2D eigenvalue weighted by molar-refractivity contribution is -0.391. The van der Waals surface area contributed by atoms with Crippen LogP contribution in [0, 0.1) is 10.1 Å². The zero-order valence-corrected chi connectivity index (χ0v) is 9.89. The predicted molar refractivity (Wildman–Crippen MR) is 67.1 cm³/mol. The molecule has 90 valence electrons. The van der Waals surface area contributed by atoms with Crippen molar-refractivity contribution in [3.05, 3.63) is 40.2 Å². The summed E-state index contributed by atoms with van der Waals surface area (Å²) < 4.78 is 1.50. The van der Waals surface area contributed by atoms with Crippen molar-refractivity contribution in [1.82, 2.24) is 9.38 Å². The number of nitrogens with two attached hydrogens (primary N) is 1. The smallest absolute Gasteiger partial charge is 0.351 e. The van der Waals surface area contributed by atoms with Gasteiger partial charge in [0.15, 0.2) is 0 Å². The average Bonchev–Trinajstić information content (AvgIpc) is 2.67. The zero-order valence-electron chi connectivity index (χ0n) is 9.07. The molecule has 0 aliphatic heterocycles. The standard InChI is InChI=1S/C10H12N4O2S/c11-4-6-17-7-8-10(14(15)16)13-5-2-1-3-9(13)12-8/h1-3,5H,4,6-7,11H2. The van der Waals surface area contributed by atoms with Gasteiger partial charge in [0.2, 0.25) is 5.65 Å². The van der Waals surface area contributed by atoms with Crippen molar-refractivity contribution < 1.29 is 4.92 Å². The molecule has 0 aliphatic rings. The Morgan fingerprint density at radius 1 is 1.53 bits per heavy atom. The molecule has 6 nitrogen and oxygen atoms in total. The Bertz CT molecular complexity index is 540. The van der Waals surface area contributed by atoms with Crippen LogP contribution in [0.25, 0.3) is 5.65 Å². The van der Waals surface area contributed by atoms with Gasteiger partial charge in [-0.05, 0) is 11.0 Å². The van der Waals surface area contributed by atoms with Gasteiger partial charge in [-0.15, -0.1) is 0 Å². The Hall–Kier alpha value is -1.60. The number of hydrogen-bond donors (Lipinski definition) is 1. The highest BCUT2D eigenvalue weighted by atomic mass is 32.2. The summed E-state index contributed by atoms with van der Waals surface area (Å²) in [4.78, 5) is 14.9. The van der Waals surface area contributed by atoms with E-state index in [0.717, 1.165) is 5.75 Å². The fourth-order valence-electron chi connectivity index (χ4n) is 1.57. The molecule has 0 aromatic carbocycles. The molecule has 0 atom stereocenters. The number of pyridine rings is 1. The first-order chi connectivity index (χ1) is 8.24. The van der Waals surface area contributed by atoms with Crippen molar-refractivity contribution in [1.29, 1.82) is 0 Å². The van der Waals surface area contributed by atoms with Gasteiger partial charge in [-0.2, -0.15) is 16.2 Å². The molecule has 17 heavy (non-hydrogen) atoms. The molecule has 0 saturated heterocycles. The van der Waals surface area contributed by atoms with Crippen LogP contribution in [0.4, 0.5) is 5.82 Å². The largest absolute Gasteiger partial charge is 0.358 e. The molecule has 0 saturated carbocycles. The maximum absolute atomic E-state index is 11.0. The van der Waals surface area contributed by atoms with Crippen LogP contribution in [0.1, 0.15) is 5.69 Å². The first kappa shape index (κ1) is 11.9. The summed E-state index contributed by atoms with van der Waals surface area (Å²) in [6.45, 7) is 0.561. The lowest BCUT2D eigenvalue weighted by Crippen LogP contribution is -2.02. The van der Waals surface area contributed by atoms with Crippen molar-refractivity contribution >= 4 is 23.2 Å². The van der Waals surface area contributed by atoms with E-state index in [1.165, 1.54) is 4.40 Å². The molecule has 0 fully saturated rings. The SMILES string of the molecule is NCCSCc1nc2ccccn2c1[N+](=O)[O-]. The highest BCUT2D eigenvalue weighted by Crippen LogP contribution is 2.24. The maximum Gasteiger partial charge on any atom is 0.351 e. The molecular formula is C10H12N4O2S.